The predicted octanol–water partition coefficient (Wildman–Crippen LogP) is 2.46. The van der Waals surface area contributed by atoms with Gasteiger partial charge >= 0.3 is 0 Å². The van der Waals surface area contributed by atoms with Crippen LogP contribution in [0.2, 0.25) is 0 Å². The molecular formula is C11H16NOS2-. The van der Waals surface area contributed by atoms with Gasteiger partial charge in [-0.25, -0.2) is 5.87 Å². The highest BCUT2D eigenvalue weighted by Crippen LogP contribution is 2.34. The quantitative estimate of drug-likeness (QED) is 0.475. The van der Waals surface area contributed by atoms with Crippen LogP contribution in [0.1, 0.15) is 22.3 Å². The van der Waals surface area contributed by atoms with Gasteiger partial charge in [-0.2, -0.15) is 0 Å². The average molecular weight is 242 g/mol. The number of rotatable bonds is 2. The summed E-state index contributed by atoms with van der Waals surface area (Å²) in [5.41, 5.74) is 4.90. The van der Waals surface area contributed by atoms with Gasteiger partial charge in [0.25, 0.3) is 0 Å². The third-order valence-electron chi connectivity index (χ3n) is 2.80. The van der Waals surface area contributed by atoms with E-state index in [9.17, 15) is 5.11 Å². The van der Waals surface area contributed by atoms with E-state index in [1.165, 1.54) is 0 Å². The Kier molecular flexibility index (Phi) is 3.62. The molecule has 0 aliphatic rings. The number of hydrogen-bond acceptors (Lipinski definition) is 3. The van der Waals surface area contributed by atoms with Crippen LogP contribution in [0.25, 0.3) is 0 Å². The molecule has 2 nitrogen and oxygen atoms in total. The minimum Gasteiger partial charge on any atom is -0.507 e. The van der Waals surface area contributed by atoms with E-state index in [2.05, 4.69) is 10.6 Å². The Labute approximate surface area is 97.6 Å². The molecule has 0 saturated heterocycles. The summed E-state index contributed by atoms with van der Waals surface area (Å²) in [4.78, 5) is 0. The van der Waals surface area contributed by atoms with Crippen molar-refractivity contribution in [2.24, 2.45) is 0 Å². The third kappa shape index (κ3) is 2.26. The fraction of sp³-hybridized carbons (Fsp3) is 0.364. The molecule has 0 amide bonds. The molecule has 0 aromatic heterocycles. The molecule has 2 N–H and O–H groups in total. The van der Waals surface area contributed by atoms with Crippen molar-refractivity contribution in [2.45, 2.75) is 27.7 Å². The number of benzene rings is 1. The molecule has 4 heteroatoms. The topological polar surface area (TPSA) is 32.3 Å². The molecular weight excluding hydrogens is 226 g/mol. The SMILES string of the molecule is C=[S-](=S)Nc1c(C)c(C)c(O)c(C)c1C. The number of aromatic hydroxyl groups is 1. The maximum Gasteiger partial charge on any atom is 0.122 e. The van der Waals surface area contributed by atoms with Gasteiger partial charge in [0.1, 0.15) is 5.75 Å². The fourth-order valence-corrected chi connectivity index (χ4v) is 2.34. The Morgan fingerprint density at radius 1 is 1.07 bits per heavy atom. The fourth-order valence-electron chi connectivity index (χ4n) is 1.56. The van der Waals surface area contributed by atoms with Crippen LogP contribution in [0.5, 0.6) is 5.75 Å². The van der Waals surface area contributed by atoms with Gasteiger partial charge in [-0.1, -0.05) is 0 Å². The molecule has 0 radical (unpaired) electrons. The lowest BCUT2D eigenvalue weighted by Crippen LogP contribution is -2.02. The molecule has 0 saturated carbocycles. The zero-order chi connectivity index (χ0) is 11.7. The summed E-state index contributed by atoms with van der Waals surface area (Å²) in [6.45, 7) is 7.78. The highest BCUT2D eigenvalue weighted by Gasteiger charge is 2.11. The van der Waals surface area contributed by atoms with E-state index in [4.69, 9.17) is 11.2 Å². The number of nitrogens with one attached hydrogen (secondary N) is 1. The van der Waals surface area contributed by atoms with Gasteiger partial charge in [0.05, 0.1) is 0 Å². The smallest absolute Gasteiger partial charge is 0.122 e. The number of phenols is 1. The monoisotopic (exact) mass is 242 g/mol. The summed E-state index contributed by atoms with van der Waals surface area (Å²) in [6.07, 6.45) is 0. The van der Waals surface area contributed by atoms with Crippen LogP contribution < -0.4 is 4.72 Å². The van der Waals surface area contributed by atoms with E-state index in [0.717, 1.165) is 27.9 Å². The molecule has 1 aromatic carbocycles. The highest BCUT2D eigenvalue weighted by atomic mass is 32.8. The number of hydrogen-bond donors (Lipinski definition) is 2. The molecule has 1 aromatic rings. The summed E-state index contributed by atoms with van der Waals surface area (Å²) in [7, 11) is -0.509. The molecule has 0 fully saturated rings. The second-order valence-electron chi connectivity index (χ2n) is 3.67. The molecule has 0 aliphatic heterocycles. The van der Waals surface area contributed by atoms with E-state index in [-0.39, 0.29) is 0 Å². The lowest BCUT2D eigenvalue weighted by atomic mass is 9.98. The largest absolute Gasteiger partial charge is 0.507 e. The Hall–Kier alpha value is -0.740. The van der Waals surface area contributed by atoms with Gasteiger partial charge < -0.3 is 19.1 Å². The summed E-state index contributed by atoms with van der Waals surface area (Å²) in [5, 5.41) is 9.86. The first-order valence-corrected chi connectivity index (χ1v) is 6.95. The van der Waals surface area contributed by atoms with Crippen molar-refractivity contribution in [1.82, 2.24) is 0 Å². The predicted molar refractivity (Wildman–Crippen MR) is 72.5 cm³/mol. The van der Waals surface area contributed by atoms with Crippen molar-refractivity contribution >= 4 is 32.0 Å². The van der Waals surface area contributed by atoms with Gasteiger partial charge in [0.2, 0.25) is 0 Å². The summed E-state index contributed by atoms with van der Waals surface area (Å²) in [5.74, 6) is 4.15. The van der Waals surface area contributed by atoms with E-state index < -0.39 is 9.23 Å². The maximum atomic E-state index is 9.86. The minimum absolute atomic E-state index is 0.379. The molecule has 0 bridgehead atoms. The Morgan fingerprint density at radius 3 is 1.80 bits per heavy atom. The lowest BCUT2D eigenvalue weighted by Gasteiger charge is -2.21. The van der Waals surface area contributed by atoms with Gasteiger partial charge in [0.15, 0.2) is 0 Å². The van der Waals surface area contributed by atoms with Crippen molar-refractivity contribution in [3.63, 3.8) is 0 Å². The number of phenolic OH excluding ortho intramolecular Hbond substituents is 1. The van der Waals surface area contributed by atoms with Gasteiger partial charge in [-0.15, -0.1) is 0 Å². The molecule has 1 rings (SSSR count). The van der Waals surface area contributed by atoms with Crippen LogP contribution in [-0.2, 0) is 20.4 Å². The molecule has 0 spiro atoms. The standard InChI is InChI=1S/C11H16NOS2/c1-6-8(3)11(13)9(4)7(2)10(6)12-15(5)14/h13H,5H2,1-4H3,(H,12,14)/q-1. The van der Waals surface area contributed by atoms with Crippen molar-refractivity contribution in [3.8, 4) is 5.75 Å². The second kappa shape index (κ2) is 4.41. The molecule has 0 aliphatic carbocycles. The summed E-state index contributed by atoms with van der Waals surface area (Å²) < 4.78 is 3.17. The average Bonchev–Trinajstić information content (AvgIpc) is 2.18. The molecule has 15 heavy (non-hydrogen) atoms. The maximum absolute atomic E-state index is 9.86. The van der Waals surface area contributed by atoms with E-state index >= 15 is 0 Å². The first-order chi connectivity index (χ1) is 6.86. The molecule has 0 unspecified atom stereocenters. The third-order valence-corrected chi connectivity index (χ3v) is 3.48. The molecule has 84 valence electrons. The summed E-state index contributed by atoms with van der Waals surface area (Å²) >= 11 is 5.04. The zero-order valence-electron chi connectivity index (χ0n) is 9.47. The van der Waals surface area contributed by atoms with Crippen molar-refractivity contribution in [2.75, 3.05) is 4.72 Å². The Bertz CT molecular complexity index is 439. The van der Waals surface area contributed by atoms with Gasteiger partial charge in [-0.3, -0.25) is 11.2 Å². The van der Waals surface area contributed by atoms with E-state index in [1.807, 2.05) is 27.7 Å². The second-order valence-corrected chi connectivity index (χ2v) is 5.77. The van der Waals surface area contributed by atoms with Crippen molar-refractivity contribution in [3.05, 3.63) is 22.3 Å². The Balaban J connectivity index is 3.52. The zero-order valence-corrected chi connectivity index (χ0v) is 11.1. The van der Waals surface area contributed by atoms with Crippen LogP contribution in [0.3, 0.4) is 0 Å². The van der Waals surface area contributed by atoms with Gasteiger partial charge in [-0.05, 0) is 49.9 Å². The normalized spacial score (nSPS) is 10.7. The van der Waals surface area contributed by atoms with Gasteiger partial charge in [0, 0.05) is 5.69 Å². The molecule has 0 heterocycles. The highest BCUT2D eigenvalue weighted by molar-refractivity contribution is 8.27. The first-order valence-electron chi connectivity index (χ1n) is 4.63. The van der Waals surface area contributed by atoms with E-state index in [1.54, 1.807) is 0 Å². The van der Waals surface area contributed by atoms with Crippen LogP contribution in [0.15, 0.2) is 0 Å². The van der Waals surface area contributed by atoms with Crippen molar-refractivity contribution in [1.29, 1.82) is 0 Å². The van der Waals surface area contributed by atoms with Crippen LogP contribution in [0, 0.1) is 27.7 Å². The van der Waals surface area contributed by atoms with Crippen LogP contribution >= 0.6 is 0 Å². The summed E-state index contributed by atoms with van der Waals surface area (Å²) in [6, 6.07) is 0. The lowest BCUT2D eigenvalue weighted by molar-refractivity contribution is 0.466. The van der Waals surface area contributed by atoms with E-state index in [0.29, 0.717) is 5.75 Å². The Morgan fingerprint density at radius 2 is 1.47 bits per heavy atom. The van der Waals surface area contributed by atoms with Crippen molar-refractivity contribution < 1.29 is 5.11 Å². The minimum atomic E-state index is -0.509. The van der Waals surface area contributed by atoms with Crippen LogP contribution in [-0.4, -0.2) is 11.0 Å². The molecule has 0 atom stereocenters. The first kappa shape index (κ1) is 12.3. The number of anilines is 1. The van der Waals surface area contributed by atoms with Crippen LogP contribution in [0.4, 0.5) is 5.69 Å².